The van der Waals surface area contributed by atoms with Crippen LogP contribution in [0.4, 0.5) is 0 Å². The summed E-state index contributed by atoms with van der Waals surface area (Å²) in [4.78, 5) is 29.3. The van der Waals surface area contributed by atoms with Crippen molar-refractivity contribution in [3.8, 4) is 11.5 Å². The van der Waals surface area contributed by atoms with Crippen molar-refractivity contribution in [2.45, 2.75) is 19.4 Å². The van der Waals surface area contributed by atoms with Gasteiger partial charge >= 0.3 is 0 Å². The Morgan fingerprint density at radius 2 is 1.84 bits per heavy atom. The van der Waals surface area contributed by atoms with Crippen LogP contribution >= 0.6 is 0 Å². The summed E-state index contributed by atoms with van der Waals surface area (Å²) in [7, 11) is 6.88. The van der Waals surface area contributed by atoms with Gasteiger partial charge in [0.15, 0.2) is 11.5 Å². The summed E-state index contributed by atoms with van der Waals surface area (Å²) in [6.07, 6.45) is 0.673. The van der Waals surface area contributed by atoms with Crippen molar-refractivity contribution in [1.29, 1.82) is 0 Å². The van der Waals surface area contributed by atoms with E-state index in [2.05, 4.69) is 0 Å². The normalized spacial score (nSPS) is 18.1. The Hall–Kier alpha value is -3.26. The molecule has 1 amide bonds. The molecule has 166 valence electrons. The number of Topliss-reactive ketones (excluding diaryl/α,β-unsaturated/α-hetero) is 1. The fourth-order valence-electron chi connectivity index (χ4n) is 3.70. The number of amides is 1. The lowest BCUT2D eigenvalue weighted by atomic mass is 9.99. The van der Waals surface area contributed by atoms with Crippen LogP contribution in [0, 0.1) is 6.92 Å². The van der Waals surface area contributed by atoms with E-state index in [9.17, 15) is 14.7 Å². The third kappa shape index (κ3) is 4.44. The lowest BCUT2D eigenvalue weighted by Gasteiger charge is -2.24. The van der Waals surface area contributed by atoms with Crippen molar-refractivity contribution in [1.82, 2.24) is 9.80 Å². The first kappa shape index (κ1) is 22.4. The van der Waals surface area contributed by atoms with Crippen LogP contribution in [-0.2, 0) is 9.59 Å². The highest BCUT2D eigenvalue weighted by atomic mass is 16.5. The number of hydrogen-bond acceptors (Lipinski definition) is 7. The smallest absolute Gasteiger partial charge is 0.295 e. The number of aliphatic hydroxyl groups excluding tert-OH is 1. The monoisotopic (exact) mass is 428 g/mol. The molecule has 1 aliphatic rings. The van der Waals surface area contributed by atoms with Crippen LogP contribution in [0.25, 0.3) is 5.76 Å². The molecule has 1 atom stereocenters. The molecular formula is C23H28N2O6. The minimum absolute atomic E-state index is 0.00331. The summed E-state index contributed by atoms with van der Waals surface area (Å²) >= 11 is 0. The standard InChI is InChI=1S/C23H28N2O6/c1-14-7-9-17(31-14)20-19(22(27)23(28)25(20)12-6-11-24(2)3)21(26)15-8-10-16(29-4)18(13-15)30-5/h7-10,13,20,26H,6,11-12H2,1-5H3/t20-/m0/s1. The molecule has 2 heterocycles. The molecule has 3 rings (SSSR count). The minimum atomic E-state index is -0.802. The predicted octanol–water partition coefficient (Wildman–Crippen LogP) is 2.98. The maximum Gasteiger partial charge on any atom is 0.295 e. The fourth-order valence-corrected chi connectivity index (χ4v) is 3.70. The predicted molar refractivity (Wildman–Crippen MR) is 115 cm³/mol. The SMILES string of the molecule is COc1ccc(C(O)=C2C(=O)C(=O)N(CCCN(C)C)[C@H]2c2ccc(C)o2)cc1OC. The van der Waals surface area contributed by atoms with Crippen molar-refractivity contribution in [2.24, 2.45) is 0 Å². The second-order valence-corrected chi connectivity index (χ2v) is 7.67. The Labute approximate surface area is 181 Å². The average Bonchev–Trinajstić information content (AvgIpc) is 3.28. The molecule has 0 unspecified atom stereocenters. The van der Waals surface area contributed by atoms with Crippen LogP contribution in [0.15, 0.2) is 40.3 Å². The van der Waals surface area contributed by atoms with Gasteiger partial charge in [0.25, 0.3) is 11.7 Å². The molecule has 1 aromatic carbocycles. The van der Waals surface area contributed by atoms with Crippen LogP contribution in [0.5, 0.6) is 11.5 Å². The van der Waals surface area contributed by atoms with E-state index >= 15 is 0 Å². The number of hydrogen-bond donors (Lipinski definition) is 1. The third-order valence-electron chi connectivity index (χ3n) is 5.23. The molecule has 8 nitrogen and oxygen atoms in total. The Bertz CT molecular complexity index is 1010. The molecule has 0 spiro atoms. The van der Waals surface area contributed by atoms with E-state index in [0.717, 1.165) is 6.54 Å². The van der Waals surface area contributed by atoms with Crippen LogP contribution in [-0.4, -0.2) is 68.0 Å². The van der Waals surface area contributed by atoms with Crippen LogP contribution in [0.1, 0.15) is 29.5 Å². The van der Waals surface area contributed by atoms with Gasteiger partial charge in [0, 0.05) is 12.1 Å². The Balaban J connectivity index is 2.09. The Morgan fingerprint density at radius 3 is 2.42 bits per heavy atom. The zero-order valence-electron chi connectivity index (χ0n) is 18.5. The number of aliphatic hydroxyl groups is 1. The molecule has 0 radical (unpaired) electrons. The number of benzene rings is 1. The molecule has 1 aromatic heterocycles. The lowest BCUT2D eigenvalue weighted by Crippen LogP contribution is -2.32. The van der Waals surface area contributed by atoms with Gasteiger partial charge in [-0.05, 0) is 64.3 Å². The maximum absolute atomic E-state index is 13.0. The van der Waals surface area contributed by atoms with E-state index in [1.807, 2.05) is 19.0 Å². The summed E-state index contributed by atoms with van der Waals surface area (Å²) in [5.74, 6) is 0.298. The molecule has 31 heavy (non-hydrogen) atoms. The van der Waals surface area contributed by atoms with E-state index in [4.69, 9.17) is 13.9 Å². The molecule has 0 saturated carbocycles. The van der Waals surface area contributed by atoms with Gasteiger partial charge in [-0.1, -0.05) is 0 Å². The number of methoxy groups -OCH3 is 2. The molecule has 2 aromatic rings. The molecule has 8 heteroatoms. The van der Waals surface area contributed by atoms with Crippen LogP contribution in [0.3, 0.4) is 0 Å². The molecular weight excluding hydrogens is 400 g/mol. The number of likely N-dealkylation sites (tertiary alicyclic amines) is 1. The van der Waals surface area contributed by atoms with Gasteiger partial charge in [0.2, 0.25) is 0 Å². The number of carbonyl (C=O) groups excluding carboxylic acids is 2. The maximum atomic E-state index is 13.0. The highest BCUT2D eigenvalue weighted by molar-refractivity contribution is 6.46. The van der Waals surface area contributed by atoms with Gasteiger partial charge in [0.05, 0.1) is 19.8 Å². The number of aryl methyl sites for hydroxylation is 1. The molecule has 1 aliphatic heterocycles. The number of furan rings is 1. The summed E-state index contributed by atoms with van der Waals surface area (Å²) in [5.41, 5.74) is 0.341. The van der Waals surface area contributed by atoms with Crippen LogP contribution in [0.2, 0.25) is 0 Å². The topological polar surface area (TPSA) is 92.5 Å². The van der Waals surface area contributed by atoms with Gasteiger partial charge in [-0.25, -0.2) is 0 Å². The lowest BCUT2D eigenvalue weighted by molar-refractivity contribution is -0.140. The van der Waals surface area contributed by atoms with Gasteiger partial charge in [-0.15, -0.1) is 0 Å². The molecule has 1 N–H and O–H groups in total. The molecule has 1 saturated heterocycles. The van der Waals surface area contributed by atoms with E-state index in [1.165, 1.54) is 19.1 Å². The number of ketones is 1. The third-order valence-corrected chi connectivity index (χ3v) is 5.23. The van der Waals surface area contributed by atoms with Gasteiger partial charge in [-0.3, -0.25) is 9.59 Å². The van der Waals surface area contributed by atoms with Crippen molar-refractivity contribution in [2.75, 3.05) is 41.4 Å². The van der Waals surface area contributed by atoms with E-state index in [0.29, 0.717) is 41.5 Å². The second kappa shape index (κ2) is 9.26. The first-order valence-electron chi connectivity index (χ1n) is 10.00. The minimum Gasteiger partial charge on any atom is -0.507 e. The Kier molecular flexibility index (Phi) is 6.70. The molecule has 1 fully saturated rings. The number of carbonyl (C=O) groups is 2. The van der Waals surface area contributed by atoms with E-state index in [-0.39, 0.29) is 11.3 Å². The molecule has 0 aliphatic carbocycles. The van der Waals surface area contributed by atoms with Crippen molar-refractivity contribution in [3.05, 3.63) is 53.0 Å². The summed E-state index contributed by atoms with van der Waals surface area (Å²) in [6.45, 7) is 2.90. The first-order valence-corrected chi connectivity index (χ1v) is 10.00. The average molecular weight is 428 g/mol. The zero-order valence-corrected chi connectivity index (χ0v) is 18.5. The van der Waals surface area contributed by atoms with E-state index < -0.39 is 17.7 Å². The first-order chi connectivity index (χ1) is 14.8. The van der Waals surface area contributed by atoms with Gasteiger partial charge in [-0.2, -0.15) is 0 Å². The zero-order chi connectivity index (χ0) is 22.7. The fraction of sp³-hybridized carbons (Fsp3) is 0.391. The van der Waals surface area contributed by atoms with Crippen molar-refractivity contribution in [3.63, 3.8) is 0 Å². The second-order valence-electron chi connectivity index (χ2n) is 7.67. The highest BCUT2D eigenvalue weighted by Crippen LogP contribution is 2.41. The van der Waals surface area contributed by atoms with E-state index in [1.54, 1.807) is 37.3 Å². The number of rotatable bonds is 8. The Morgan fingerprint density at radius 1 is 1.13 bits per heavy atom. The number of ether oxygens (including phenoxy) is 2. The van der Waals surface area contributed by atoms with Crippen LogP contribution < -0.4 is 9.47 Å². The summed E-state index contributed by atoms with van der Waals surface area (Å²) in [5, 5.41) is 11.1. The van der Waals surface area contributed by atoms with Gasteiger partial charge < -0.3 is 28.8 Å². The van der Waals surface area contributed by atoms with Crippen molar-refractivity contribution < 1.29 is 28.6 Å². The highest BCUT2D eigenvalue weighted by Gasteiger charge is 2.47. The van der Waals surface area contributed by atoms with Crippen molar-refractivity contribution >= 4 is 17.4 Å². The van der Waals surface area contributed by atoms with Gasteiger partial charge in [0.1, 0.15) is 23.3 Å². The quantitative estimate of drug-likeness (QED) is 0.393. The number of nitrogens with zero attached hydrogens (tertiary/aromatic N) is 2. The summed E-state index contributed by atoms with van der Waals surface area (Å²) < 4.78 is 16.3. The summed E-state index contributed by atoms with van der Waals surface area (Å²) in [6, 6.07) is 7.51. The largest absolute Gasteiger partial charge is 0.507 e. The molecule has 0 bridgehead atoms.